The monoisotopic (exact) mass is 419 g/mol. The topological polar surface area (TPSA) is 51.3 Å². The van der Waals surface area contributed by atoms with Gasteiger partial charge in [0.1, 0.15) is 11.5 Å². The van der Waals surface area contributed by atoms with Gasteiger partial charge in [-0.25, -0.2) is 4.68 Å². The molecule has 0 bridgehead atoms. The Kier molecular flexibility index (Phi) is 5.46. The number of aromatic nitrogens is 2. The molecule has 0 aliphatic carbocycles. The highest BCUT2D eigenvalue weighted by molar-refractivity contribution is 6.30. The number of hydrogen-bond donors (Lipinski definition) is 0. The predicted octanol–water partition coefficient (Wildman–Crippen LogP) is 5.67. The summed E-state index contributed by atoms with van der Waals surface area (Å²) in [6.45, 7) is 4.06. The van der Waals surface area contributed by atoms with E-state index in [1.165, 1.54) is 0 Å². The summed E-state index contributed by atoms with van der Waals surface area (Å²) in [7, 11) is 1.79. The van der Waals surface area contributed by atoms with Gasteiger partial charge in [-0.15, -0.1) is 0 Å². The SMILES string of the molecule is Cc1cc(C(=O)N(C)Cc2cn(-c3ccccc3)nc2-c2ccc(Cl)cc2)c(C)o1. The van der Waals surface area contributed by atoms with Gasteiger partial charge < -0.3 is 9.32 Å². The van der Waals surface area contributed by atoms with Gasteiger partial charge in [0, 0.05) is 35.9 Å². The van der Waals surface area contributed by atoms with E-state index in [2.05, 4.69) is 0 Å². The first-order chi connectivity index (χ1) is 14.4. The highest BCUT2D eigenvalue weighted by Crippen LogP contribution is 2.27. The van der Waals surface area contributed by atoms with Crippen molar-refractivity contribution in [3.63, 3.8) is 0 Å². The number of benzene rings is 2. The molecule has 0 N–H and O–H groups in total. The highest BCUT2D eigenvalue weighted by Gasteiger charge is 2.21. The van der Waals surface area contributed by atoms with E-state index in [0.29, 0.717) is 22.9 Å². The standard InChI is InChI=1S/C24H22ClN3O2/c1-16-13-22(17(2)30-16)24(29)27(3)14-19-15-28(21-7-5-4-6-8-21)26-23(19)18-9-11-20(25)12-10-18/h4-13,15H,14H2,1-3H3. The fourth-order valence-corrected chi connectivity index (χ4v) is 3.59. The summed E-state index contributed by atoms with van der Waals surface area (Å²) in [6.07, 6.45) is 1.97. The van der Waals surface area contributed by atoms with Crippen LogP contribution in [-0.2, 0) is 6.54 Å². The Morgan fingerprint density at radius 1 is 1.10 bits per heavy atom. The van der Waals surface area contributed by atoms with Gasteiger partial charge in [0.05, 0.1) is 16.9 Å². The first kappa shape index (κ1) is 20.0. The zero-order valence-electron chi connectivity index (χ0n) is 17.1. The maximum absolute atomic E-state index is 13.0. The largest absolute Gasteiger partial charge is 0.466 e. The van der Waals surface area contributed by atoms with E-state index in [-0.39, 0.29) is 5.91 Å². The molecule has 0 aliphatic heterocycles. The van der Waals surface area contributed by atoms with Crippen molar-refractivity contribution in [2.24, 2.45) is 0 Å². The van der Waals surface area contributed by atoms with Crippen molar-refractivity contribution in [1.29, 1.82) is 0 Å². The van der Waals surface area contributed by atoms with Crippen LogP contribution in [0.4, 0.5) is 0 Å². The van der Waals surface area contributed by atoms with Crippen molar-refractivity contribution < 1.29 is 9.21 Å². The summed E-state index contributed by atoms with van der Waals surface area (Å²) < 4.78 is 7.36. The molecule has 0 radical (unpaired) electrons. The molecular formula is C24H22ClN3O2. The zero-order valence-corrected chi connectivity index (χ0v) is 17.8. The van der Waals surface area contributed by atoms with Crippen molar-refractivity contribution in [2.75, 3.05) is 7.05 Å². The number of hydrogen-bond acceptors (Lipinski definition) is 3. The lowest BCUT2D eigenvalue weighted by Gasteiger charge is -2.16. The van der Waals surface area contributed by atoms with Gasteiger partial charge in [0.15, 0.2) is 0 Å². The molecule has 30 heavy (non-hydrogen) atoms. The lowest BCUT2D eigenvalue weighted by atomic mass is 10.1. The summed E-state index contributed by atoms with van der Waals surface area (Å²) >= 11 is 6.06. The van der Waals surface area contributed by atoms with E-state index < -0.39 is 0 Å². The minimum atomic E-state index is -0.0844. The van der Waals surface area contributed by atoms with Crippen molar-refractivity contribution in [3.05, 3.63) is 94.5 Å². The van der Waals surface area contributed by atoms with Crippen molar-refractivity contribution in [3.8, 4) is 16.9 Å². The summed E-state index contributed by atoms with van der Waals surface area (Å²) in [6, 6.07) is 19.2. The third-order valence-electron chi connectivity index (χ3n) is 4.95. The van der Waals surface area contributed by atoms with E-state index >= 15 is 0 Å². The van der Waals surface area contributed by atoms with Crippen LogP contribution in [0.3, 0.4) is 0 Å². The molecule has 4 rings (SSSR count). The summed E-state index contributed by atoms with van der Waals surface area (Å²) in [5, 5.41) is 5.47. The van der Waals surface area contributed by atoms with E-state index in [1.807, 2.05) is 72.4 Å². The Labute approximate surface area is 180 Å². The maximum atomic E-state index is 13.0. The molecule has 6 heteroatoms. The average molecular weight is 420 g/mol. The van der Waals surface area contributed by atoms with Gasteiger partial charge in [0.2, 0.25) is 0 Å². The summed E-state index contributed by atoms with van der Waals surface area (Å²) in [5.74, 6) is 1.27. The third-order valence-corrected chi connectivity index (χ3v) is 5.21. The zero-order chi connectivity index (χ0) is 21.3. The molecule has 152 valence electrons. The van der Waals surface area contributed by atoms with Gasteiger partial charge in [-0.05, 0) is 44.2 Å². The molecule has 5 nitrogen and oxygen atoms in total. The van der Waals surface area contributed by atoms with Gasteiger partial charge in [-0.3, -0.25) is 4.79 Å². The van der Waals surface area contributed by atoms with E-state index in [9.17, 15) is 4.79 Å². The second kappa shape index (κ2) is 8.20. The molecule has 2 aromatic heterocycles. The molecule has 0 saturated heterocycles. The second-order valence-electron chi connectivity index (χ2n) is 7.28. The van der Waals surface area contributed by atoms with Crippen LogP contribution >= 0.6 is 11.6 Å². The molecule has 0 unspecified atom stereocenters. The smallest absolute Gasteiger partial charge is 0.257 e. The molecular weight excluding hydrogens is 398 g/mol. The van der Waals surface area contributed by atoms with Crippen LogP contribution in [0.15, 0.2) is 71.3 Å². The van der Waals surface area contributed by atoms with Crippen LogP contribution in [0.25, 0.3) is 16.9 Å². The van der Waals surface area contributed by atoms with Gasteiger partial charge in [-0.1, -0.05) is 41.9 Å². The Morgan fingerprint density at radius 2 is 1.80 bits per heavy atom. The minimum absolute atomic E-state index is 0.0844. The lowest BCUT2D eigenvalue weighted by molar-refractivity contribution is 0.0783. The minimum Gasteiger partial charge on any atom is -0.466 e. The van der Waals surface area contributed by atoms with Crippen molar-refractivity contribution in [2.45, 2.75) is 20.4 Å². The average Bonchev–Trinajstić information content (AvgIpc) is 3.31. The number of aryl methyl sites for hydroxylation is 2. The Bertz CT molecular complexity index is 1180. The molecule has 0 saturated carbocycles. The number of carbonyl (C=O) groups is 1. The van der Waals surface area contributed by atoms with Crippen LogP contribution in [0.2, 0.25) is 5.02 Å². The highest BCUT2D eigenvalue weighted by atomic mass is 35.5. The van der Waals surface area contributed by atoms with E-state index in [4.69, 9.17) is 21.1 Å². The molecule has 0 atom stereocenters. The Morgan fingerprint density at radius 3 is 2.43 bits per heavy atom. The van der Waals surface area contributed by atoms with Crippen LogP contribution < -0.4 is 0 Å². The Hall–Kier alpha value is -3.31. The molecule has 0 aliphatic rings. The molecule has 4 aromatic rings. The normalized spacial score (nSPS) is 10.9. The maximum Gasteiger partial charge on any atom is 0.257 e. The van der Waals surface area contributed by atoms with E-state index in [0.717, 1.165) is 28.3 Å². The summed E-state index contributed by atoms with van der Waals surface area (Å²) in [5.41, 5.74) is 4.23. The number of halogens is 1. The van der Waals surface area contributed by atoms with Crippen LogP contribution in [0.1, 0.15) is 27.4 Å². The fraction of sp³-hybridized carbons (Fsp3) is 0.167. The Balaban J connectivity index is 1.70. The third kappa shape index (κ3) is 4.02. The van der Waals surface area contributed by atoms with Crippen LogP contribution in [0.5, 0.6) is 0 Å². The molecule has 1 amide bonds. The lowest BCUT2D eigenvalue weighted by Crippen LogP contribution is -2.26. The molecule has 0 fully saturated rings. The van der Waals surface area contributed by atoms with Crippen LogP contribution in [0, 0.1) is 13.8 Å². The molecule has 2 aromatic carbocycles. The fourth-order valence-electron chi connectivity index (χ4n) is 3.47. The predicted molar refractivity (Wildman–Crippen MR) is 118 cm³/mol. The molecule has 0 spiro atoms. The number of para-hydroxylation sites is 1. The van der Waals surface area contributed by atoms with Gasteiger partial charge in [0.25, 0.3) is 5.91 Å². The number of carbonyl (C=O) groups excluding carboxylic acids is 1. The van der Waals surface area contributed by atoms with E-state index in [1.54, 1.807) is 24.9 Å². The van der Waals surface area contributed by atoms with Crippen molar-refractivity contribution >= 4 is 17.5 Å². The quantitative estimate of drug-likeness (QED) is 0.418. The first-order valence-electron chi connectivity index (χ1n) is 9.65. The summed E-state index contributed by atoms with van der Waals surface area (Å²) in [4.78, 5) is 14.7. The van der Waals surface area contributed by atoms with Crippen molar-refractivity contribution in [1.82, 2.24) is 14.7 Å². The van der Waals surface area contributed by atoms with Gasteiger partial charge >= 0.3 is 0 Å². The van der Waals surface area contributed by atoms with Gasteiger partial charge in [-0.2, -0.15) is 5.10 Å². The van der Waals surface area contributed by atoms with Crippen LogP contribution in [-0.4, -0.2) is 27.6 Å². The number of nitrogens with zero attached hydrogens (tertiary/aromatic N) is 3. The second-order valence-corrected chi connectivity index (χ2v) is 7.71. The number of furan rings is 1. The first-order valence-corrected chi connectivity index (χ1v) is 10.0. The molecule has 2 heterocycles. The number of amides is 1. The number of rotatable bonds is 5.